The molecular weight excluding hydrogens is 350 g/mol. The van der Waals surface area contributed by atoms with Gasteiger partial charge in [-0.1, -0.05) is 91.4 Å². The predicted octanol–water partition coefficient (Wildman–Crippen LogP) is 4.76. The minimum Gasteiger partial charge on any atom is -0.330 e. The Kier molecular flexibility index (Phi) is 17.5. The molecule has 0 bridgehead atoms. The van der Waals surface area contributed by atoms with Crippen LogP contribution in [-0.4, -0.2) is 35.8 Å². The Balaban J connectivity index is 4.01. The third-order valence-electron chi connectivity index (χ3n) is 5.40. The summed E-state index contributed by atoms with van der Waals surface area (Å²) >= 11 is 0. The van der Waals surface area contributed by atoms with E-state index in [1.165, 1.54) is 69.1 Å². The second kappa shape index (κ2) is 18.1. The molecule has 0 saturated carbocycles. The van der Waals surface area contributed by atoms with Gasteiger partial charge in [0.25, 0.3) is 0 Å². The summed E-state index contributed by atoms with van der Waals surface area (Å²) in [4.78, 5) is 26.4. The highest BCUT2D eigenvalue weighted by Gasteiger charge is 2.27. The standard InChI is InChI=1S/C23H47N3O2/c1-4-5-6-7-8-9-10-11-12-13-14-15-19-26(21(27)17-16-18-24)23(28)22(25)20(2)3/h20,22H,4-19,24-25H2,1-3H3/t22-/m0/s1. The maximum Gasteiger partial charge on any atom is 0.246 e. The Bertz CT molecular complexity index is 399. The van der Waals surface area contributed by atoms with Crippen molar-refractivity contribution in [3.05, 3.63) is 0 Å². The van der Waals surface area contributed by atoms with Crippen LogP contribution >= 0.6 is 0 Å². The summed E-state index contributed by atoms with van der Waals surface area (Å²) in [7, 11) is 0. The number of carbonyl (C=O) groups excluding carboxylic acids is 2. The van der Waals surface area contributed by atoms with E-state index in [-0.39, 0.29) is 17.7 Å². The molecule has 0 unspecified atom stereocenters. The number of unbranched alkanes of at least 4 members (excludes halogenated alkanes) is 11. The minimum absolute atomic E-state index is 0.0271. The van der Waals surface area contributed by atoms with Crippen LogP contribution in [-0.2, 0) is 9.59 Å². The third kappa shape index (κ3) is 13.3. The van der Waals surface area contributed by atoms with Crippen molar-refractivity contribution < 1.29 is 9.59 Å². The SMILES string of the molecule is CCCCCCCCCCCCCCN(C(=O)CCCN)C(=O)[C@@H](N)C(C)C. The molecule has 0 aromatic rings. The molecule has 0 heterocycles. The smallest absolute Gasteiger partial charge is 0.246 e. The molecule has 4 N–H and O–H groups in total. The lowest BCUT2D eigenvalue weighted by Gasteiger charge is -2.26. The van der Waals surface area contributed by atoms with Gasteiger partial charge in [-0.3, -0.25) is 14.5 Å². The van der Waals surface area contributed by atoms with Gasteiger partial charge in [0.05, 0.1) is 6.04 Å². The van der Waals surface area contributed by atoms with Crippen LogP contribution in [0.1, 0.15) is 111 Å². The highest BCUT2D eigenvalue weighted by atomic mass is 16.2. The van der Waals surface area contributed by atoms with E-state index in [1.807, 2.05) is 13.8 Å². The molecule has 28 heavy (non-hydrogen) atoms. The van der Waals surface area contributed by atoms with Gasteiger partial charge in [-0.15, -0.1) is 0 Å². The molecule has 0 aromatic carbocycles. The molecule has 0 radical (unpaired) electrons. The summed E-state index contributed by atoms with van der Waals surface area (Å²) in [6, 6.07) is -0.612. The first-order chi connectivity index (χ1) is 13.5. The second-order valence-corrected chi connectivity index (χ2v) is 8.43. The highest BCUT2D eigenvalue weighted by molar-refractivity contribution is 5.97. The molecule has 5 nitrogen and oxygen atoms in total. The Labute approximate surface area is 174 Å². The Morgan fingerprint density at radius 3 is 1.68 bits per heavy atom. The van der Waals surface area contributed by atoms with E-state index in [2.05, 4.69) is 6.92 Å². The van der Waals surface area contributed by atoms with Crippen molar-refractivity contribution in [1.29, 1.82) is 0 Å². The van der Waals surface area contributed by atoms with Gasteiger partial charge >= 0.3 is 0 Å². The Morgan fingerprint density at radius 2 is 1.25 bits per heavy atom. The maximum absolute atomic E-state index is 12.6. The zero-order valence-electron chi connectivity index (χ0n) is 18.9. The number of hydrogen-bond donors (Lipinski definition) is 2. The van der Waals surface area contributed by atoms with Crippen LogP contribution in [0.5, 0.6) is 0 Å². The molecule has 166 valence electrons. The summed E-state index contributed by atoms with van der Waals surface area (Å²) in [6.07, 6.45) is 16.1. The number of carbonyl (C=O) groups is 2. The van der Waals surface area contributed by atoms with Gasteiger partial charge < -0.3 is 11.5 Å². The average molecular weight is 398 g/mol. The fourth-order valence-electron chi connectivity index (χ4n) is 3.32. The van der Waals surface area contributed by atoms with Crippen LogP contribution < -0.4 is 11.5 Å². The van der Waals surface area contributed by atoms with E-state index >= 15 is 0 Å². The molecule has 0 aliphatic rings. The number of hydrogen-bond acceptors (Lipinski definition) is 4. The molecule has 0 rings (SSSR count). The normalized spacial score (nSPS) is 12.4. The summed E-state index contributed by atoms with van der Waals surface area (Å²) in [5.41, 5.74) is 11.5. The van der Waals surface area contributed by atoms with Gasteiger partial charge in [0, 0.05) is 13.0 Å². The van der Waals surface area contributed by atoms with Gasteiger partial charge in [0.15, 0.2) is 0 Å². The fourth-order valence-corrected chi connectivity index (χ4v) is 3.32. The molecule has 0 fully saturated rings. The van der Waals surface area contributed by atoms with Crippen molar-refractivity contribution >= 4 is 11.8 Å². The third-order valence-corrected chi connectivity index (χ3v) is 5.40. The van der Waals surface area contributed by atoms with E-state index in [1.54, 1.807) is 0 Å². The van der Waals surface area contributed by atoms with Crippen molar-refractivity contribution in [1.82, 2.24) is 4.90 Å². The number of rotatable bonds is 18. The van der Waals surface area contributed by atoms with E-state index in [9.17, 15) is 9.59 Å². The zero-order valence-corrected chi connectivity index (χ0v) is 18.9. The van der Waals surface area contributed by atoms with Crippen LogP contribution in [0.4, 0.5) is 0 Å². The quantitative estimate of drug-likeness (QED) is 0.326. The fraction of sp³-hybridized carbons (Fsp3) is 0.913. The minimum atomic E-state index is -0.612. The molecule has 0 saturated heterocycles. The topological polar surface area (TPSA) is 89.4 Å². The molecule has 5 heteroatoms. The lowest BCUT2D eigenvalue weighted by Crippen LogP contribution is -2.49. The molecule has 2 amide bonds. The monoisotopic (exact) mass is 397 g/mol. The molecular formula is C23H47N3O2. The number of imide groups is 1. The van der Waals surface area contributed by atoms with Crippen LogP contribution in [0.15, 0.2) is 0 Å². The van der Waals surface area contributed by atoms with Crippen LogP contribution in [0, 0.1) is 5.92 Å². The first-order valence-corrected chi connectivity index (χ1v) is 11.8. The van der Waals surface area contributed by atoms with Crippen LogP contribution in [0.2, 0.25) is 0 Å². The van der Waals surface area contributed by atoms with Crippen LogP contribution in [0.3, 0.4) is 0 Å². The first-order valence-electron chi connectivity index (χ1n) is 11.8. The van der Waals surface area contributed by atoms with Gasteiger partial charge in [-0.2, -0.15) is 0 Å². The van der Waals surface area contributed by atoms with E-state index in [0.29, 0.717) is 25.9 Å². The van der Waals surface area contributed by atoms with Crippen molar-refractivity contribution in [3.8, 4) is 0 Å². The van der Waals surface area contributed by atoms with E-state index < -0.39 is 6.04 Å². The van der Waals surface area contributed by atoms with Crippen molar-refractivity contribution in [2.75, 3.05) is 13.1 Å². The Morgan fingerprint density at radius 1 is 0.786 bits per heavy atom. The lowest BCUT2D eigenvalue weighted by atomic mass is 10.0. The number of nitrogens with zero attached hydrogens (tertiary/aromatic N) is 1. The second-order valence-electron chi connectivity index (χ2n) is 8.43. The molecule has 0 aliphatic carbocycles. The van der Waals surface area contributed by atoms with Crippen molar-refractivity contribution in [2.24, 2.45) is 17.4 Å². The van der Waals surface area contributed by atoms with E-state index in [4.69, 9.17) is 11.5 Å². The van der Waals surface area contributed by atoms with Gasteiger partial charge in [0.2, 0.25) is 11.8 Å². The zero-order chi connectivity index (χ0) is 21.2. The number of nitrogens with two attached hydrogens (primary N) is 2. The summed E-state index contributed by atoms with van der Waals surface area (Å²) < 4.78 is 0. The predicted molar refractivity (Wildman–Crippen MR) is 119 cm³/mol. The first kappa shape index (κ1) is 27.1. The average Bonchev–Trinajstić information content (AvgIpc) is 2.68. The lowest BCUT2D eigenvalue weighted by molar-refractivity contribution is -0.146. The maximum atomic E-state index is 12.6. The van der Waals surface area contributed by atoms with E-state index in [0.717, 1.165) is 12.8 Å². The number of amides is 2. The van der Waals surface area contributed by atoms with Crippen LogP contribution in [0.25, 0.3) is 0 Å². The summed E-state index contributed by atoms with van der Waals surface area (Å²) in [5, 5.41) is 0. The molecule has 1 atom stereocenters. The molecule has 0 aliphatic heterocycles. The summed E-state index contributed by atoms with van der Waals surface area (Å²) in [6.45, 7) is 7.02. The largest absolute Gasteiger partial charge is 0.330 e. The van der Waals surface area contributed by atoms with Gasteiger partial charge in [-0.25, -0.2) is 0 Å². The van der Waals surface area contributed by atoms with Crippen molar-refractivity contribution in [2.45, 2.75) is 117 Å². The van der Waals surface area contributed by atoms with Gasteiger partial charge in [-0.05, 0) is 25.3 Å². The molecule has 0 aromatic heterocycles. The Hall–Kier alpha value is -0.940. The van der Waals surface area contributed by atoms with Gasteiger partial charge in [0.1, 0.15) is 0 Å². The molecule has 0 spiro atoms. The highest BCUT2D eigenvalue weighted by Crippen LogP contribution is 2.13. The summed E-state index contributed by atoms with van der Waals surface area (Å²) in [5.74, 6) is -0.339. The van der Waals surface area contributed by atoms with Crippen molar-refractivity contribution in [3.63, 3.8) is 0 Å².